The fraction of sp³-hybridized carbons (Fsp3) is 0.450. The standard InChI is InChI=1S/C20H21BrN2O3S/c21-16-3-1-2-14(8-16)17-11-27-20(22-17)23-18(24)10-26-19(25)9-15-7-12-4-5-13(15)6-12/h1-3,8,11-13,15H,4-7,9-10H2,(H,22,23,24). The van der Waals surface area contributed by atoms with Crippen molar-refractivity contribution in [3.05, 3.63) is 34.1 Å². The average molecular weight is 449 g/mol. The van der Waals surface area contributed by atoms with Gasteiger partial charge in [-0.3, -0.25) is 14.9 Å². The van der Waals surface area contributed by atoms with E-state index >= 15 is 0 Å². The van der Waals surface area contributed by atoms with Crippen LogP contribution in [0.5, 0.6) is 0 Å². The Morgan fingerprint density at radius 2 is 2.19 bits per heavy atom. The lowest BCUT2D eigenvalue weighted by molar-refractivity contribution is -0.148. The van der Waals surface area contributed by atoms with Crippen LogP contribution in [0.25, 0.3) is 11.3 Å². The van der Waals surface area contributed by atoms with E-state index in [0.717, 1.165) is 28.1 Å². The lowest BCUT2D eigenvalue weighted by Crippen LogP contribution is -2.23. The van der Waals surface area contributed by atoms with Crippen molar-refractivity contribution in [1.82, 2.24) is 4.98 Å². The molecule has 2 saturated carbocycles. The number of nitrogens with zero attached hydrogens (tertiary/aromatic N) is 1. The second kappa shape index (κ2) is 8.10. The number of aromatic nitrogens is 1. The van der Waals surface area contributed by atoms with Gasteiger partial charge in [0.15, 0.2) is 11.7 Å². The van der Waals surface area contributed by atoms with E-state index in [9.17, 15) is 9.59 Å². The highest BCUT2D eigenvalue weighted by atomic mass is 79.9. The van der Waals surface area contributed by atoms with Crippen LogP contribution in [-0.4, -0.2) is 23.5 Å². The van der Waals surface area contributed by atoms with Gasteiger partial charge in [-0.1, -0.05) is 34.5 Å². The van der Waals surface area contributed by atoms with Gasteiger partial charge >= 0.3 is 5.97 Å². The van der Waals surface area contributed by atoms with Gasteiger partial charge in [-0.25, -0.2) is 4.98 Å². The molecule has 1 aromatic heterocycles. The molecule has 27 heavy (non-hydrogen) atoms. The second-order valence-corrected chi connectivity index (χ2v) is 9.17. The minimum Gasteiger partial charge on any atom is -0.456 e. The Hall–Kier alpha value is -1.73. The molecule has 2 aliphatic rings. The van der Waals surface area contributed by atoms with E-state index in [0.29, 0.717) is 23.4 Å². The number of carbonyl (C=O) groups is 2. The Kier molecular flexibility index (Phi) is 5.59. The summed E-state index contributed by atoms with van der Waals surface area (Å²) in [5.74, 6) is 1.32. The number of esters is 1. The molecule has 142 valence electrons. The molecule has 0 radical (unpaired) electrons. The number of ether oxygens (including phenoxy) is 1. The van der Waals surface area contributed by atoms with E-state index in [2.05, 4.69) is 26.2 Å². The van der Waals surface area contributed by atoms with E-state index in [1.807, 2.05) is 29.6 Å². The molecule has 5 nitrogen and oxygen atoms in total. The molecule has 4 rings (SSSR count). The zero-order valence-corrected chi connectivity index (χ0v) is 17.2. The lowest BCUT2D eigenvalue weighted by atomic mass is 9.86. The summed E-state index contributed by atoms with van der Waals surface area (Å²) in [5.41, 5.74) is 1.77. The average Bonchev–Trinajstić information content (AvgIpc) is 3.37. The molecule has 2 bridgehead atoms. The molecule has 1 heterocycles. The molecule has 1 N–H and O–H groups in total. The summed E-state index contributed by atoms with van der Waals surface area (Å²) in [7, 11) is 0. The van der Waals surface area contributed by atoms with Gasteiger partial charge in [0.1, 0.15) is 0 Å². The smallest absolute Gasteiger partial charge is 0.306 e. The number of rotatable bonds is 6. The van der Waals surface area contributed by atoms with Gasteiger partial charge in [0.2, 0.25) is 0 Å². The van der Waals surface area contributed by atoms with Crippen molar-refractivity contribution in [1.29, 1.82) is 0 Å². The van der Waals surface area contributed by atoms with E-state index in [-0.39, 0.29) is 18.5 Å². The monoisotopic (exact) mass is 448 g/mol. The Labute approximate surface area is 170 Å². The minimum atomic E-state index is -0.355. The first kappa shape index (κ1) is 18.6. The highest BCUT2D eigenvalue weighted by Crippen LogP contribution is 2.49. The first-order chi connectivity index (χ1) is 13.1. The summed E-state index contributed by atoms with van der Waals surface area (Å²) in [4.78, 5) is 28.5. The van der Waals surface area contributed by atoms with Gasteiger partial charge in [0, 0.05) is 21.8 Å². The number of carbonyl (C=O) groups excluding carboxylic acids is 2. The molecule has 0 aliphatic heterocycles. The summed E-state index contributed by atoms with van der Waals surface area (Å²) in [6.45, 7) is -0.258. The number of thiazole rings is 1. The number of halogens is 1. The number of benzene rings is 1. The molecule has 3 atom stereocenters. The van der Waals surface area contributed by atoms with E-state index < -0.39 is 0 Å². The Morgan fingerprint density at radius 1 is 1.30 bits per heavy atom. The summed E-state index contributed by atoms with van der Waals surface area (Å²) in [6, 6.07) is 7.82. The zero-order chi connectivity index (χ0) is 18.8. The SMILES string of the molecule is O=C(COC(=O)CC1CC2CCC1C2)Nc1nc(-c2cccc(Br)c2)cs1. The first-order valence-corrected chi connectivity index (χ1v) is 10.9. The fourth-order valence-corrected chi connectivity index (χ4v) is 5.45. The third-order valence-electron chi connectivity index (χ3n) is 5.55. The maximum Gasteiger partial charge on any atom is 0.306 e. The predicted octanol–water partition coefficient (Wildman–Crippen LogP) is 4.88. The van der Waals surface area contributed by atoms with Crippen molar-refractivity contribution in [2.24, 2.45) is 17.8 Å². The Morgan fingerprint density at radius 3 is 2.93 bits per heavy atom. The molecule has 1 amide bonds. The van der Waals surface area contributed by atoms with E-state index in [1.54, 1.807) is 0 Å². The van der Waals surface area contributed by atoms with Crippen molar-refractivity contribution >= 4 is 44.3 Å². The zero-order valence-electron chi connectivity index (χ0n) is 14.8. The van der Waals surface area contributed by atoms with Crippen molar-refractivity contribution in [3.63, 3.8) is 0 Å². The van der Waals surface area contributed by atoms with Gasteiger partial charge in [0.05, 0.1) is 5.69 Å². The van der Waals surface area contributed by atoms with Crippen LogP contribution < -0.4 is 5.32 Å². The molecule has 1 aromatic carbocycles. The number of anilines is 1. The van der Waals surface area contributed by atoms with Gasteiger partial charge in [0.25, 0.3) is 5.91 Å². The van der Waals surface area contributed by atoms with E-state index in [4.69, 9.17) is 4.74 Å². The second-order valence-electron chi connectivity index (χ2n) is 7.40. The summed E-state index contributed by atoms with van der Waals surface area (Å²) >= 11 is 4.79. The largest absolute Gasteiger partial charge is 0.456 e. The van der Waals surface area contributed by atoms with Gasteiger partial charge in [-0.2, -0.15) is 0 Å². The Balaban J connectivity index is 1.24. The van der Waals surface area contributed by atoms with Gasteiger partial charge in [-0.05, 0) is 49.1 Å². The van der Waals surface area contributed by atoms with Crippen LogP contribution in [0.2, 0.25) is 0 Å². The molecule has 7 heteroatoms. The highest BCUT2D eigenvalue weighted by molar-refractivity contribution is 9.10. The molecule has 0 saturated heterocycles. The van der Waals surface area contributed by atoms with Crippen LogP contribution in [0.15, 0.2) is 34.1 Å². The van der Waals surface area contributed by atoms with Gasteiger partial charge < -0.3 is 4.74 Å². The Bertz CT molecular complexity index is 853. The van der Waals surface area contributed by atoms with Crippen molar-refractivity contribution in [3.8, 4) is 11.3 Å². The normalized spacial score (nSPS) is 23.4. The minimum absolute atomic E-state index is 0.258. The number of amides is 1. The van der Waals surface area contributed by atoms with Crippen LogP contribution in [0.1, 0.15) is 32.1 Å². The highest BCUT2D eigenvalue weighted by Gasteiger charge is 2.40. The van der Waals surface area contributed by atoms with Gasteiger partial charge in [-0.15, -0.1) is 11.3 Å². The van der Waals surface area contributed by atoms with Crippen LogP contribution in [0, 0.1) is 17.8 Å². The van der Waals surface area contributed by atoms with Crippen LogP contribution in [-0.2, 0) is 14.3 Å². The maximum absolute atomic E-state index is 12.1. The molecule has 2 fully saturated rings. The maximum atomic E-state index is 12.1. The summed E-state index contributed by atoms with van der Waals surface area (Å²) < 4.78 is 6.15. The molecule has 0 spiro atoms. The summed E-state index contributed by atoms with van der Waals surface area (Å²) in [6.07, 6.45) is 5.41. The molecule has 2 aromatic rings. The van der Waals surface area contributed by atoms with Crippen molar-refractivity contribution in [2.45, 2.75) is 32.1 Å². The number of hydrogen-bond donors (Lipinski definition) is 1. The molecular formula is C20H21BrN2O3S. The topological polar surface area (TPSA) is 68.3 Å². The third kappa shape index (κ3) is 4.58. The molecular weight excluding hydrogens is 428 g/mol. The van der Waals surface area contributed by atoms with E-state index in [1.165, 1.54) is 30.6 Å². The lowest BCUT2D eigenvalue weighted by Gasteiger charge is -2.20. The molecule has 3 unspecified atom stereocenters. The van der Waals surface area contributed by atoms with Crippen molar-refractivity contribution < 1.29 is 14.3 Å². The number of nitrogens with one attached hydrogen (secondary N) is 1. The first-order valence-electron chi connectivity index (χ1n) is 9.24. The van der Waals surface area contributed by atoms with Crippen LogP contribution in [0.4, 0.5) is 5.13 Å². The predicted molar refractivity (Wildman–Crippen MR) is 108 cm³/mol. The molecule has 2 aliphatic carbocycles. The number of fused-ring (bicyclic) bond motifs is 2. The van der Waals surface area contributed by atoms with Crippen molar-refractivity contribution in [2.75, 3.05) is 11.9 Å². The summed E-state index contributed by atoms with van der Waals surface area (Å²) in [5, 5.41) is 5.09. The van der Waals surface area contributed by atoms with Crippen LogP contribution >= 0.6 is 27.3 Å². The van der Waals surface area contributed by atoms with Crippen LogP contribution in [0.3, 0.4) is 0 Å². The third-order valence-corrected chi connectivity index (χ3v) is 6.80. The fourth-order valence-electron chi connectivity index (χ4n) is 4.31. The quantitative estimate of drug-likeness (QED) is 0.639. The number of hydrogen-bond acceptors (Lipinski definition) is 5.